The Labute approximate surface area is 88.3 Å². The summed E-state index contributed by atoms with van der Waals surface area (Å²) in [5.74, 6) is -0.230. The van der Waals surface area contributed by atoms with E-state index in [-0.39, 0.29) is 12.3 Å². The van der Waals surface area contributed by atoms with Crippen LogP contribution in [0, 0.1) is 0 Å². The van der Waals surface area contributed by atoms with Gasteiger partial charge in [-0.2, -0.15) is 0 Å². The minimum atomic E-state index is -1.09. The van der Waals surface area contributed by atoms with Crippen LogP contribution in [0.15, 0.2) is 12.2 Å². The van der Waals surface area contributed by atoms with Crippen molar-refractivity contribution in [1.82, 2.24) is 4.90 Å². The topological polar surface area (TPSA) is 66.8 Å². The zero-order valence-electron chi connectivity index (χ0n) is 9.06. The molecule has 1 amide bonds. The predicted molar refractivity (Wildman–Crippen MR) is 53.1 cm³/mol. The second-order valence-corrected chi connectivity index (χ2v) is 4.35. The first-order valence-corrected chi connectivity index (χ1v) is 4.68. The van der Waals surface area contributed by atoms with Crippen LogP contribution in [0.25, 0.3) is 0 Å². The number of amides is 1. The number of aliphatic hydroxyl groups excluding tert-OH is 1. The maximum atomic E-state index is 11.5. The Bertz CT molecular complexity index is 303. The van der Waals surface area contributed by atoms with Crippen LogP contribution in [0.5, 0.6) is 0 Å². The molecule has 1 unspecified atom stereocenters. The van der Waals surface area contributed by atoms with Gasteiger partial charge in [0.05, 0.1) is 6.54 Å². The summed E-state index contributed by atoms with van der Waals surface area (Å²) in [6.07, 6.45) is 0.742. The number of hydrogen-bond donors (Lipinski definition) is 1. The van der Waals surface area contributed by atoms with E-state index < -0.39 is 17.9 Å². The molecule has 0 radical (unpaired) electrons. The molecule has 0 spiro atoms. The van der Waals surface area contributed by atoms with Gasteiger partial charge in [0.1, 0.15) is 5.60 Å². The minimum Gasteiger partial charge on any atom is -0.444 e. The summed E-state index contributed by atoms with van der Waals surface area (Å²) < 4.78 is 5.04. The highest BCUT2D eigenvalue weighted by Crippen LogP contribution is 2.13. The summed E-state index contributed by atoms with van der Waals surface area (Å²) in [6, 6.07) is 0. The van der Waals surface area contributed by atoms with Crippen LogP contribution in [0.4, 0.5) is 4.79 Å². The molecule has 15 heavy (non-hydrogen) atoms. The van der Waals surface area contributed by atoms with Crippen LogP contribution in [0.3, 0.4) is 0 Å². The first kappa shape index (κ1) is 11.7. The summed E-state index contributed by atoms with van der Waals surface area (Å²) in [5, 5.41) is 9.44. The lowest BCUT2D eigenvalue weighted by Gasteiger charge is -2.30. The Morgan fingerprint density at radius 2 is 2.20 bits per heavy atom. The maximum absolute atomic E-state index is 11.5. The van der Waals surface area contributed by atoms with Crippen molar-refractivity contribution >= 4 is 11.9 Å². The highest BCUT2D eigenvalue weighted by atomic mass is 16.6. The summed E-state index contributed by atoms with van der Waals surface area (Å²) in [7, 11) is 0. The average molecular weight is 213 g/mol. The Morgan fingerprint density at radius 3 is 2.73 bits per heavy atom. The third-order valence-electron chi connectivity index (χ3n) is 1.73. The number of carbonyl (C=O) groups excluding carboxylic acids is 2. The summed E-state index contributed by atoms with van der Waals surface area (Å²) in [4.78, 5) is 23.5. The standard InChI is InChI=1S/C10H15NO4/c1-10(2,3)15-9(14)11-6-7(12)4-5-8(11)13/h4-5,8,13H,6H2,1-3H3. The van der Waals surface area contributed by atoms with Gasteiger partial charge >= 0.3 is 6.09 Å². The molecule has 1 aliphatic rings. The van der Waals surface area contributed by atoms with Crippen molar-refractivity contribution in [2.75, 3.05) is 6.54 Å². The fraction of sp³-hybridized carbons (Fsp3) is 0.600. The molecule has 1 rings (SSSR count). The van der Waals surface area contributed by atoms with Crippen molar-refractivity contribution in [3.63, 3.8) is 0 Å². The third kappa shape index (κ3) is 3.36. The van der Waals surface area contributed by atoms with Gasteiger partial charge in [-0.15, -0.1) is 0 Å². The molecule has 1 atom stereocenters. The summed E-state index contributed by atoms with van der Waals surface area (Å²) >= 11 is 0. The number of carbonyl (C=O) groups is 2. The van der Waals surface area contributed by atoms with Gasteiger partial charge in [-0.3, -0.25) is 9.69 Å². The lowest BCUT2D eigenvalue weighted by Crippen LogP contribution is -2.46. The van der Waals surface area contributed by atoms with E-state index in [9.17, 15) is 14.7 Å². The maximum Gasteiger partial charge on any atom is 0.413 e. The molecule has 5 heteroatoms. The van der Waals surface area contributed by atoms with Crippen LogP contribution >= 0.6 is 0 Å². The van der Waals surface area contributed by atoms with Crippen LogP contribution in [-0.4, -0.2) is 40.3 Å². The molecule has 0 aliphatic carbocycles. The Balaban J connectivity index is 2.68. The van der Waals surface area contributed by atoms with Gasteiger partial charge in [-0.1, -0.05) is 0 Å². The third-order valence-corrected chi connectivity index (χ3v) is 1.73. The average Bonchev–Trinajstić information content (AvgIpc) is 2.06. The van der Waals surface area contributed by atoms with Crippen LogP contribution in [0.1, 0.15) is 20.8 Å². The van der Waals surface area contributed by atoms with E-state index >= 15 is 0 Å². The number of aliphatic hydroxyl groups is 1. The van der Waals surface area contributed by atoms with Gasteiger partial charge in [-0.05, 0) is 32.9 Å². The molecule has 1 aliphatic heterocycles. The number of ether oxygens (including phenoxy) is 1. The second kappa shape index (κ2) is 4.02. The van der Waals surface area contributed by atoms with Crippen molar-refractivity contribution in [3.05, 3.63) is 12.2 Å². The Morgan fingerprint density at radius 1 is 1.60 bits per heavy atom. The van der Waals surface area contributed by atoms with Crippen molar-refractivity contribution in [3.8, 4) is 0 Å². The van der Waals surface area contributed by atoms with Crippen molar-refractivity contribution in [1.29, 1.82) is 0 Å². The summed E-state index contributed by atoms with van der Waals surface area (Å²) in [5.41, 5.74) is -0.638. The minimum absolute atomic E-state index is 0.146. The highest BCUT2D eigenvalue weighted by molar-refractivity contribution is 5.94. The first-order chi connectivity index (χ1) is 6.79. The van der Waals surface area contributed by atoms with Gasteiger partial charge in [-0.25, -0.2) is 4.79 Å². The van der Waals surface area contributed by atoms with E-state index in [0.29, 0.717) is 0 Å². The molecule has 0 saturated heterocycles. The van der Waals surface area contributed by atoms with Gasteiger partial charge < -0.3 is 9.84 Å². The predicted octanol–water partition coefficient (Wildman–Crippen LogP) is 0.681. The number of nitrogens with zero attached hydrogens (tertiary/aromatic N) is 1. The zero-order valence-corrected chi connectivity index (χ0v) is 9.06. The Hall–Kier alpha value is -1.36. The van der Waals surface area contributed by atoms with E-state index in [1.54, 1.807) is 20.8 Å². The molecular formula is C10H15NO4. The monoisotopic (exact) mass is 213 g/mol. The van der Waals surface area contributed by atoms with Gasteiger partial charge in [0, 0.05) is 0 Å². The molecule has 0 saturated carbocycles. The van der Waals surface area contributed by atoms with E-state index in [0.717, 1.165) is 4.90 Å². The summed E-state index contributed by atoms with van der Waals surface area (Å²) in [6.45, 7) is 5.02. The van der Waals surface area contributed by atoms with Gasteiger partial charge in [0.15, 0.2) is 12.0 Å². The number of ketones is 1. The zero-order chi connectivity index (χ0) is 11.6. The fourth-order valence-electron chi connectivity index (χ4n) is 1.10. The highest BCUT2D eigenvalue weighted by Gasteiger charge is 2.29. The van der Waals surface area contributed by atoms with E-state index in [4.69, 9.17) is 4.74 Å². The number of rotatable bonds is 0. The van der Waals surface area contributed by atoms with Crippen molar-refractivity contribution < 1.29 is 19.4 Å². The lowest BCUT2D eigenvalue weighted by atomic mass is 10.2. The van der Waals surface area contributed by atoms with Crippen molar-refractivity contribution in [2.24, 2.45) is 0 Å². The van der Waals surface area contributed by atoms with Gasteiger partial charge in [0.25, 0.3) is 0 Å². The van der Waals surface area contributed by atoms with Crippen LogP contribution < -0.4 is 0 Å². The fourth-order valence-corrected chi connectivity index (χ4v) is 1.10. The largest absolute Gasteiger partial charge is 0.444 e. The molecule has 0 aromatic heterocycles. The second-order valence-electron chi connectivity index (χ2n) is 4.35. The first-order valence-electron chi connectivity index (χ1n) is 4.68. The molecule has 0 fully saturated rings. The van der Waals surface area contributed by atoms with E-state index in [2.05, 4.69) is 0 Å². The lowest BCUT2D eigenvalue weighted by molar-refractivity contribution is -0.119. The molecule has 0 aromatic rings. The molecule has 1 N–H and O–H groups in total. The Kier molecular flexibility index (Phi) is 3.14. The van der Waals surface area contributed by atoms with Crippen molar-refractivity contribution in [2.45, 2.75) is 32.6 Å². The number of hydrogen-bond acceptors (Lipinski definition) is 4. The van der Waals surface area contributed by atoms with E-state index in [1.807, 2.05) is 0 Å². The van der Waals surface area contributed by atoms with E-state index in [1.165, 1.54) is 12.2 Å². The molecule has 0 aromatic carbocycles. The van der Waals surface area contributed by atoms with Gasteiger partial charge in [0.2, 0.25) is 0 Å². The molecule has 0 bridgehead atoms. The SMILES string of the molecule is CC(C)(C)OC(=O)N1CC(=O)C=CC1O. The van der Waals surface area contributed by atoms with Crippen LogP contribution in [0.2, 0.25) is 0 Å². The molecule has 5 nitrogen and oxygen atoms in total. The quantitative estimate of drug-likeness (QED) is 0.642. The normalized spacial score (nSPS) is 21.7. The molecule has 84 valence electrons. The van der Waals surface area contributed by atoms with Crippen LogP contribution in [-0.2, 0) is 9.53 Å². The molecule has 1 heterocycles. The smallest absolute Gasteiger partial charge is 0.413 e. The molecular weight excluding hydrogens is 198 g/mol.